The van der Waals surface area contributed by atoms with Crippen molar-refractivity contribution in [2.45, 2.75) is 25.4 Å². The van der Waals surface area contributed by atoms with Crippen molar-refractivity contribution < 1.29 is 19.0 Å². The number of esters is 1. The van der Waals surface area contributed by atoms with Crippen molar-refractivity contribution in [3.63, 3.8) is 0 Å². The number of anilines is 1. The van der Waals surface area contributed by atoms with Crippen molar-refractivity contribution in [1.82, 2.24) is 9.80 Å². The van der Waals surface area contributed by atoms with Gasteiger partial charge in [0.05, 0.1) is 19.8 Å². The molecular formula is C39H47N3O4. The molecule has 5 rings (SSSR count). The van der Waals surface area contributed by atoms with Crippen LogP contribution in [0.25, 0.3) is 16.8 Å². The monoisotopic (exact) mass is 621 g/mol. The van der Waals surface area contributed by atoms with Gasteiger partial charge in [0.1, 0.15) is 11.5 Å². The summed E-state index contributed by atoms with van der Waals surface area (Å²) in [7, 11) is 11.6. The highest BCUT2D eigenvalue weighted by Crippen LogP contribution is 2.48. The number of aryl methyl sites for hydroxylation is 1. The average molecular weight is 622 g/mol. The maximum absolute atomic E-state index is 13.2. The number of fused-ring (bicyclic) bond motifs is 3. The molecule has 1 aliphatic rings. The molecule has 1 aliphatic heterocycles. The molecule has 0 N–H and O–H groups in total. The summed E-state index contributed by atoms with van der Waals surface area (Å²) in [4.78, 5) is 20.1. The van der Waals surface area contributed by atoms with E-state index in [1.165, 1.54) is 12.8 Å². The van der Waals surface area contributed by atoms with Gasteiger partial charge >= 0.3 is 5.97 Å². The first-order valence-corrected chi connectivity index (χ1v) is 16.0. The van der Waals surface area contributed by atoms with Gasteiger partial charge in [0, 0.05) is 40.9 Å². The predicted octanol–water partition coefficient (Wildman–Crippen LogP) is 7.00. The lowest BCUT2D eigenvalue weighted by Gasteiger charge is -2.37. The Labute approximate surface area is 274 Å². The summed E-state index contributed by atoms with van der Waals surface area (Å²) in [6.07, 6.45) is 6.27. The van der Waals surface area contributed by atoms with Gasteiger partial charge in [-0.1, -0.05) is 48.5 Å². The third-order valence-corrected chi connectivity index (χ3v) is 8.83. The van der Waals surface area contributed by atoms with E-state index >= 15 is 0 Å². The Hall–Kier alpha value is -4.33. The lowest BCUT2D eigenvalue weighted by Crippen LogP contribution is -2.35. The summed E-state index contributed by atoms with van der Waals surface area (Å²) < 4.78 is 18.1. The molecule has 4 aromatic rings. The van der Waals surface area contributed by atoms with Crippen LogP contribution >= 0.6 is 0 Å². The molecule has 0 spiro atoms. The number of rotatable bonds is 13. The van der Waals surface area contributed by atoms with Crippen molar-refractivity contribution in [2.24, 2.45) is 0 Å². The second-order valence-electron chi connectivity index (χ2n) is 12.5. The van der Waals surface area contributed by atoms with E-state index in [0.29, 0.717) is 16.9 Å². The highest BCUT2D eigenvalue weighted by molar-refractivity contribution is 6.06. The number of methoxy groups -OCH3 is 2. The Morgan fingerprint density at radius 1 is 0.783 bits per heavy atom. The maximum atomic E-state index is 13.2. The van der Waals surface area contributed by atoms with E-state index in [1.807, 2.05) is 49.4 Å². The fourth-order valence-electron chi connectivity index (χ4n) is 6.40. The van der Waals surface area contributed by atoms with E-state index in [4.69, 9.17) is 14.2 Å². The lowest BCUT2D eigenvalue weighted by molar-refractivity contribution is 0.0598. The van der Waals surface area contributed by atoms with Gasteiger partial charge in [0.25, 0.3) is 0 Å². The molecule has 0 bridgehead atoms. The van der Waals surface area contributed by atoms with E-state index in [9.17, 15) is 4.79 Å². The first kappa shape index (κ1) is 33.0. The van der Waals surface area contributed by atoms with E-state index in [0.717, 1.165) is 72.2 Å². The number of carbonyl (C=O) groups is 1. The minimum atomic E-state index is -0.924. The SMILES string of the molecule is COC(=O)c1c2c(c3cc(OC)ccc3c1C)OC(c1ccccc1)(c1ccc(N(CCCN(C)C)CCCN(C)C)cc1)C=C2. The summed E-state index contributed by atoms with van der Waals surface area (Å²) >= 11 is 0. The Morgan fingerprint density at radius 3 is 2.00 bits per heavy atom. The second kappa shape index (κ2) is 14.4. The smallest absolute Gasteiger partial charge is 0.338 e. The molecule has 0 amide bonds. The predicted molar refractivity (Wildman–Crippen MR) is 188 cm³/mol. The number of hydrogen-bond donors (Lipinski definition) is 0. The van der Waals surface area contributed by atoms with Gasteiger partial charge in [-0.3, -0.25) is 0 Å². The highest BCUT2D eigenvalue weighted by atomic mass is 16.5. The van der Waals surface area contributed by atoms with Gasteiger partial charge in [-0.05, 0) is 108 Å². The second-order valence-corrected chi connectivity index (χ2v) is 12.5. The first-order valence-electron chi connectivity index (χ1n) is 16.0. The van der Waals surface area contributed by atoms with E-state index in [-0.39, 0.29) is 5.97 Å². The van der Waals surface area contributed by atoms with Crippen molar-refractivity contribution in [1.29, 1.82) is 0 Å². The van der Waals surface area contributed by atoms with E-state index in [1.54, 1.807) is 7.11 Å². The summed E-state index contributed by atoms with van der Waals surface area (Å²) in [5.74, 6) is 0.959. The number of carbonyl (C=O) groups excluding carboxylic acids is 1. The first-order chi connectivity index (χ1) is 22.2. The van der Waals surface area contributed by atoms with Crippen LogP contribution in [0.5, 0.6) is 11.5 Å². The van der Waals surface area contributed by atoms with Crippen LogP contribution < -0.4 is 14.4 Å². The summed E-state index contributed by atoms with van der Waals surface area (Å²) in [5, 5.41) is 1.80. The van der Waals surface area contributed by atoms with Crippen molar-refractivity contribution in [3.8, 4) is 11.5 Å². The lowest BCUT2D eigenvalue weighted by atomic mass is 9.82. The molecule has 1 heterocycles. The summed E-state index contributed by atoms with van der Waals surface area (Å²) in [5.41, 5.74) is 4.33. The van der Waals surface area contributed by atoms with Crippen LogP contribution in [0.2, 0.25) is 0 Å². The van der Waals surface area contributed by atoms with Gasteiger partial charge in [0.15, 0.2) is 5.60 Å². The Balaban J connectivity index is 1.62. The molecule has 0 fully saturated rings. The standard InChI is InChI=1S/C39H47N3O4/c1-28-33-20-19-32(44-6)27-35(33)37-34(36(28)38(43)45-7)21-22-39(46-37,29-13-9-8-10-14-29)30-15-17-31(18-16-30)42(25-11-23-40(2)3)26-12-24-41(4)5/h8-10,13-22,27H,11-12,23-26H2,1-7H3. The highest BCUT2D eigenvalue weighted by Gasteiger charge is 2.39. The molecule has 0 saturated carbocycles. The zero-order valence-corrected chi connectivity index (χ0v) is 28.3. The minimum absolute atomic E-state index is 0.389. The van der Waals surface area contributed by atoms with Gasteiger partial charge in [-0.2, -0.15) is 0 Å². The van der Waals surface area contributed by atoms with Crippen molar-refractivity contribution in [3.05, 3.63) is 107 Å². The maximum Gasteiger partial charge on any atom is 0.338 e. The van der Waals surface area contributed by atoms with Crippen LogP contribution in [0.1, 0.15) is 45.5 Å². The molecule has 4 aromatic carbocycles. The third-order valence-electron chi connectivity index (χ3n) is 8.83. The molecule has 1 atom stereocenters. The number of hydrogen-bond acceptors (Lipinski definition) is 7. The molecule has 0 aliphatic carbocycles. The Morgan fingerprint density at radius 2 is 1.41 bits per heavy atom. The third kappa shape index (κ3) is 6.76. The number of nitrogens with zero attached hydrogens (tertiary/aromatic N) is 3. The topological polar surface area (TPSA) is 54.5 Å². The van der Waals surface area contributed by atoms with Crippen LogP contribution in [-0.2, 0) is 10.3 Å². The normalized spacial score (nSPS) is 15.6. The molecule has 0 saturated heterocycles. The zero-order chi connectivity index (χ0) is 32.8. The Bertz CT molecular complexity index is 1670. The quantitative estimate of drug-likeness (QED) is 0.149. The van der Waals surface area contributed by atoms with Crippen LogP contribution in [0, 0.1) is 6.92 Å². The molecule has 0 radical (unpaired) electrons. The van der Waals surface area contributed by atoms with Crippen molar-refractivity contribution >= 4 is 28.5 Å². The molecule has 7 heteroatoms. The number of ether oxygens (including phenoxy) is 3. The van der Waals surface area contributed by atoms with E-state index < -0.39 is 5.60 Å². The minimum Gasteiger partial charge on any atom is -0.497 e. The van der Waals surface area contributed by atoms with Gasteiger partial charge in [-0.25, -0.2) is 4.79 Å². The molecule has 46 heavy (non-hydrogen) atoms. The molecule has 1 unspecified atom stereocenters. The molecule has 242 valence electrons. The zero-order valence-electron chi connectivity index (χ0n) is 28.3. The van der Waals surface area contributed by atoms with Gasteiger partial charge < -0.3 is 28.9 Å². The van der Waals surface area contributed by atoms with Crippen LogP contribution in [0.3, 0.4) is 0 Å². The molecular weight excluding hydrogens is 574 g/mol. The van der Waals surface area contributed by atoms with Crippen LogP contribution in [-0.4, -0.2) is 84.4 Å². The molecule has 7 nitrogen and oxygen atoms in total. The molecule has 0 aromatic heterocycles. The van der Waals surface area contributed by atoms with Gasteiger partial charge in [-0.15, -0.1) is 0 Å². The summed E-state index contributed by atoms with van der Waals surface area (Å²) in [6, 6.07) is 24.9. The van der Waals surface area contributed by atoms with Gasteiger partial charge in [0.2, 0.25) is 0 Å². The average Bonchev–Trinajstić information content (AvgIpc) is 3.07. The van der Waals surface area contributed by atoms with E-state index in [2.05, 4.69) is 85.4 Å². The van der Waals surface area contributed by atoms with Crippen LogP contribution in [0.4, 0.5) is 5.69 Å². The number of benzene rings is 4. The summed E-state index contributed by atoms with van der Waals surface area (Å²) in [6.45, 7) is 6.02. The van der Waals surface area contributed by atoms with Crippen LogP contribution in [0.15, 0.2) is 78.9 Å². The fraction of sp³-hybridized carbons (Fsp3) is 0.359. The largest absolute Gasteiger partial charge is 0.497 e. The van der Waals surface area contributed by atoms with Crippen molar-refractivity contribution in [2.75, 3.05) is 73.5 Å². The Kier molecular flexibility index (Phi) is 10.3. The fourth-order valence-corrected chi connectivity index (χ4v) is 6.40.